The van der Waals surface area contributed by atoms with E-state index in [-0.39, 0.29) is 12.7 Å². The maximum absolute atomic E-state index is 9.97. The molecule has 2 rings (SSSR count). The van der Waals surface area contributed by atoms with Gasteiger partial charge in [-0.2, -0.15) is 0 Å². The predicted molar refractivity (Wildman–Crippen MR) is 48.4 cm³/mol. The molecule has 1 unspecified atom stereocenters. The molecular formula is C10H10O4. The molecule has 1 aromatic carbocycles. The van der Waals surface area contributed by atoms with Crippen molar-refractivity contribution in [1.82, 2.24) is 0 Å². The Morgan fingerprint density at radius 2 is 2.21 bits per heavy atom. The first-order valence-electron chi connectivity index (χ1n) is 4.34. The smallest absolute Gasteiger partial charge is 0.293 e. The predicted octanol–water partition coefficient (Wildman–Crippen LogP) is 0.999. The van der Waals surface area contributed by atoms with Gasteiger partial charge in [-0.3, -0.25) is 4.79 Å². The van der Waals surface area contributed by atoms with E-state index in [1.54, 1.807) is 0 Å². The van der Waals surface area contributed by atoms with Crippen LogP contribution in [0.2, 0.25) is 0 Å². The summed E-state index contributed by atoms with van der Waals surface area (Å²) in [5.41, 5.74) is 0. The third-order valence-corrected chi connectivity index (χ3v) is 1.92. The second-order valence-corrected chi connectivity index (χ2v) is 2.93. The van der Waals surface area contributed by atoms with Gasteiger partial charge in [-0.1, -0.05) is 12.1 Å². The van der Waals surface area contributed by atoms with Crippen molar-refractivity contribution < 1.29 is 19.0 Å². The van der Waals surface area contributed by atoms with Crippen molar-refractivity contribution in [1.29, 1.82) is 0 Å². The van der Waals surface area contributed by atoms with Crippen LogP contribution < -0.4 is 9.47 Å². The average molecular weight is 194 g/mol. The zero-order chi connectivity index (χ0) is 9.80. The SMILES string of the molecule is O=COCC1COc2ccccc2O1. The van der Waals surface area contributed by atoms with Gasteiger partial charge >= 0.3 is 0 Å². The minimum absolute atomic E-state index is 0.213. The molecule has 4 nitrogen and oxygen atoms in total. The molecule has 14 heavy (non-hydrogen) atoms. The first kappa shape index (κ1) is 8.87. The second kappa shape index (κ2) is 4.00. The van der Waals surface area contributed by atoms with Crippen LogP contribution in [0.15, 0.2) is 24.3 Å². The summed E-state index contributed by atoms with van der Waals surface area (Å²) in [7, 11) is 0. The van der Waals surface area contributed by atoms with Gasteiger partial charge in [0.1, 0.15) is 13.2 Å². The van der Waals surface area contributed by atoms with Gasteiger partial charge in [0.15, 0.2) is 17.6 Å². The Morgan fingerprint density at radius 1 is 1.43 bits per heavy atom. The normalized spacial score (nSPS) is 18.7. The molecule has 1 aliphatic rings. The molecule has 0 saturated heterocycles. The van der Waals surface area contributed by atoms with Gasteiger partial charge in [-0.15, -0.1) is 0 Å². The Balaban J connectivity index is 2.02. The van der Waals surface area contributed by atoms with E-state index in [1.165, 1.54) is 0 Å². The van der Waals surface area contributed by atoms with Gasteiger partial charge in [0.2, 0.25) is 0 Å². The lowest BCUT2D eigenvalue weighted by molar-refractivity contribution is -0.131. The fraction of sp³-hybridized carbons (Fsp3) is 0.300. The summed E-state index contributed by atoms with van der Waals surface area (Å²) >= 11 is 0. The molecule has 0 aromatic heterocycles. The standard InChI is InChI=1S/C10H10O4/c11-7-12-5-8-6-13-9-3-1-2-4-10(9)14-8/h1-4,7-8H,5-6H2. The number of ether oxygens (including phenoxy) is 3. The van der Waals surface area contributed by atoms with Gasteiger partial charge in [0, 0.05) is 0 Å². The Morgan fingerprint density at radius 3 is 3.00 bits per heavy atom. The molecule has 4 heteroatoms. The van der Waals surface area contributed by atoms with Crippen LogP contribution in [0.4, 0.5) is 0 Å². The van der Waals surface area contributed by atoms with Crippen LogP contribution in [0.3, 0.4) is 0 Å². The van der Waals surface area contributed by atoms with Crippen molar-refractivity contribution in [2.45, 2.75) is 6.10 Å². The van der Waals surface area contributed by atoms with E-state index in [0.29, 0.717) is 18.8 Å². The topological polar surface area (TPSA) is 44.8 Å². The monoisotopic (exact) mass is 194 g/mol. The fourth-order valence-corrected chi connectivity index (χ4v) is 1.29. The summed E-state index contributed by atoms with van der Waals surface area (Å²) in [6.45, 7) is 1.03. The van der Waals surface area contributed by atoms with Crippen molar-refractivity contribution in [2.24, 2.45) is 0 Å². The molecule has 0 radical (unpaired) electrons. The van der Waals surface area contributed by atoms with Crippen molar-refractivity contribution in [3.63, 3.8) is 0 Å². The van der Waals surface area contributed by atoms with Crippen molar-refractivity contribution in [3.05, 3.63) is 24.3 Å². The van der Waals surface area contributed by atoms with Crippen LogP contribution in [0.25, 0.3) is 0 Å². The number of hydrogen-bond donors (Lipinski definition) is 0. The lowest BCUT2D eigenvalue weighted by atomic mass is 10.3. The van der Waals surface area contributed by atoms with E-state index < -0.39 is 0 Å². The summed E-state index contributed by atoms with van der Waals surface area (Å²) in [6.07, 6.45) is -0.213. The molecule has 0 aliphatic carbocycles. The number of hydrogen-bond acceptors (Lipinski definition) is 4. The third-order valence-electron chi connectivity index (χ3n) is 1.92. The first-order chi connectivity index (χ1) is 6.90. The summed E-state index contributed by atoms with van der Waals surface area (Å²) in [5.74, 6) is 1.42. The Hall–Kier alpha value is -1.71. The van der Waals surface area contributed by atoms with Crippen LogP contribution in [0.5, 0.6) is 11.5 Å². The van der Waals surface area contributed by atoms with Crippen molar-refractivity contribution in [2.75, 3.05) is 13.2 Å². The van der Waals surface area contributed by atoms with Crippen LogP contribution in [0.1, 0.15) is 0 Å². The first-order valence-corrected chi connectivity index (χ1v) is 4.34. The lowest BCUT2D eigenvalue weighted by Crippen LogP contribution is -2.33. The van der Waals surface area contributed by atoms with Gasteiger partial charge < -0.3 is 14.2 Å². The second-order valence-electron chi connectivity index (χ2n) is 2.93. The number of benzene rings is 1. The molecule has 1 atom stereocenters. The molecule has 0 N–H and O–H groups in total. The zero-order valence-electron chi connectivity index (χ0n) is 7.51. The maximum atomic E-state index is 9.97. The molecule has 74 valence electrons. The molecule has 0 saturated carbocycles. The van der Waals surface area contributed by atoms with E-state index in [4.69, 9.17) is 9.47 Å². The van der Waals surface area contributed by atoms with E-state index in [0.717, 1.165) is 5.75 Å². The molecule has 1 heterocycles. The van der Waals surface area contributed by atoms with Crippen molar-refractivity contribution in [3.8, 4) is 11.5 Å². The van der Waals surface area contributed by atoms with Crippen molar-refractivity contribution >= 4 is 6.47 Å². The van der Waals surface area contributed by atoms with Gasteiger partial charge in [-0.05, 0) is 12.1 Å². The molecule has 0 bridgehead atoms. The number of carbonyl (C=O) groups excluding carboxylic acids is 1. The van der Waals surface area contributed by atoms with E-state index in [1.807, 2.05) is 24.3 Å². The summed E-state index contributed by atoms with van der Waals surface area (Å²) in [4.78, 5) is 9.97. The summed E-state index contributed by atoms with van der Waals surface area (Å²) < 4.78 is 15.5. The lowest BCUT2D eigenvalue weighted by Gasteiger charge is -2.25. The fourth-order valence-electron chi connectivity index (χ4n) is 1.29. The van der Waals surface area contributed by atoms with Crippen LogP contribution in [-0.2, 0) is 9.53 Å². The minimum atomic E-state index is -0.213. The van der Waals surface area contributed by atoms with E-state index in [9.17, 15) is 4.79 Å². The molecule has 0 amide bonds. The minimum Gasteiger partial charge on any atom is -0.486 e. The average Bonchev–Trinajstić information content (AvgIpc) is 2.26. The molecule has 1 aliphatic heterocycles. The highest BCUT2D eigenvalue weighted by atomic mass is 16.6. The molecule has 0 spiro atoms. The quantitative estimate of drug-likeness (QED) is 0.673. The van der Waals surface area contributed by atoms with Crippen LogP contribution >= 0.6 is 0 Å². The third kappa shape index (κ3) is 1.79. The van der Waals surface area contributed by atoms with Crippen LogP contribution in [0, 0.1) is 0 Å². The van der Waals surface area contributed by atoms with E-state index >= 15 is 0 Å². The van der Waals surface area contributed by atoms with Gasteiger partial charge in [0.05, 0.1) is 0 Å². The van der Waals surface area contributed by atoms with Crippen LogP contribution in [-0.4, -0.2) is 25.8 Å². The number of rotatable bonds is 3. The number of para-hydroxylation sites is 2. The molecular weight excluding hydrogens is 184 g/mol. The Labute approximate surface area is 81.4 Å². The highest BCUT2D eigenvalue weighted by molar-refractivity contribution is 5.41. The highest BCUT2D eigenvalue weighted by Crippen LogP contribution is 2.30. The summed E-state index contributed by atoms with van der Waals surface area (Å²) in [5, 5.41) is 0. The molecule has 0 fully saturated rings. The Kier molecular flexibility index (Phi) is 2.53. The highest BCUT2D eigenvalue weighted by Gasteiger charge is 2.20. The van der Waals surface area contributed by atoms with E-state index in [2.05, 4.69) is 4.74 Å². The van der Waals surface area contributed by atoms with Gasteiger partial charge in [0.25, 0.3) is 6.47 Å². The maximum Gasteiger partial charge on any atom is 0.293 e. The van der Waals surface area contributed by atoms with Gasteiger partial charge in [-0.25, -0.2) is 0 Å². The number of carbonyl (C=O) groups is 1. The summed E-state index contributed by atoms with van der Waals surface area (Å²) in [6, 6.07) is 7.41. The Bertz CT molecular complexity index is 324. The molecule has 1 aromatic rings. The largest absolute Gasteiger partial charge is 0.486 e. The number of fused-ring (bicyclic) bond motifs is 1. The zero-order valence-corrected chi connectivity index (χ0v) is 7.51.